The smallest absolute Gasteiger partial charge is 0.221 e. The maximum atomic E-state index is 12.1. The van der Waals surface area contributed by atoms with Gasteiger partial charge in [-0.15, -0.1) is 0 Å². The van der Waals surface area contributed by atoms with Crippen LogP contribution in [0.15, 0.2) is 0 Å². The Kier molecular flexibility index (Phi) is 11.1. The first-order valence-corrected chi connectivity index (χ1v) is 10.9. The van der Waals surface area contributed by atoms with Gasteiger partial charge in [-0.2, -0.15) is 11.8 Å². The summed E-state index contributed by atoms with van der Waals surface area (Å²) in [6.45, 7) is 4.74. The molecule has 2 aliphatic rings. The van der Waals surface area contributed by atoms with Crippen LogP contribution < -0.4 is 16.4 Å². The highest BCUT2D eigenvalue weighted by Gasteiger charge is 2.43. The van der Waals surface area contributed by atoms with E-state index in [-0.39, 0.29) is 23.1 Å². The molecule has 4 N–H and O–H groups in total. The molecule has 2 unspecified atom stereocenters. The van der Waals surface area contributed by atoms with Crippen LogP contribution >= 0.6 is 11.8 Å². The Morgan fingerprint density at radius 3 is 2.48 bits per heavy atom. The lowest BCUT2D eigenvalue weighted by molar-refractivity contribution is -0.122. The van der Waals surface area contributed by atoms with Crippen molar-refractivity contribution in [3.63, 3.8) is 0 Å². The number of ether oxygens (including phenoxy) is 3. The van der Waals surface area contributed by atoms with Crippen LogP contribution in [0.25, 0.3) is 0 Å². The zero-order valence-corrected chi connectivity index (χ0v) is 16.8. The summed E-state index contributed by atoms with van der Waals surface area (Å²) >= 11 is 1.80. The molecule has 0 saturated carbocycles. The molecule has 156 valence electrons. The summed E-state index contributed by atoms with van der Waals surface area (Å²) in [7, 11) is 0. The molecule has 0 bridgehead atoms. The van der Waals surface area contributed by atoms with E-state index in [1.165, 1.54) is 0 Å². The number of rotatable bonds is 15. The van der Waals surface area contributed by atoms with Gasteiger partial charge in [0.2, 0.25) is 11.8 Å². The minimum Gasteiger partial charge on any atom is -0.379 e. The van der Waals surface area contributed by atoms with Gasteiger partial charge in [0, 0.05) is 43.9 Å². The first-order valence-electron chi connectivity index (χ1n) is 9.81. The van der Waals surface area contributed by atoms with Gasteiger partial charge in [0.15, 0.2) is 0 Å². The lowest BCUT2D eigenvalue weighted by Gasteiger charge is -2.17. The van der Waals surface area contributed by atoms with Crippen LogP contribution in [0.2, 0.25) is 0 Å². The molecular formula is C18H33N3O5S. The van der Waals surface area contributed by atoms with Gasteiger partial charge in [0.1, 0.15) is 0 Å². The quantitative estimate of drug-likeness (QED) is 0.327. The summed E-state index contributed by atoms with van der Waals surface area (Å²) in [6.07, 6.45) is 2.72. The minimum absolute atomic E-state index is 0.0484. The first kappa shape index (κ1) is 22.4. The molecule has 2 saturated heterocycles. The number of hydrogen-bond donors (Lipinski definition) is 3. The van der Waals surface area contributed by atoms with Gasteiger partial charge in [-0.1, -0.05) is 0 Å². The summed E-state index contributed by atoms with van der Waals surface area (Å²) in [5, 5.41) is 6.14. The molecule has 0 radical (unpaired) electrons. The fourth-order valence-electron chi connectivity index (χ4n) is 3.21. The van der Waals surface area contributed by atoms with Crippen molar-refractivity contribution in [2.24, 2.45) is 11.7 Å². The maximum Gasteiger partial charge on any atom is 0.221 e. The number of hydrogen-bond acceptors (Lipinski definition) is 7. The Morgan fingerprint density at radius 1 is 1.11 bits per heavy atom. The van der Waals surface area contributed by atoms with Crippen molar-refractivity contribution in [1.29, 1.82) is 0 Å². The van der Waals surface area contributed by atoms with E-state index in [1.54, 1.807) is 11.8 Å². The first-order chi connectivity index (χ1) is 13.2. The van der Waals surface area contributed by atoms with Crippen LogP contribution in [0.5, 0.6) is 0 Å². The summed E-state index contributed by atoms with van der Waals surface area (Å²) in [6, 6.07) is 0.169. The fourth-order valence-corrected chi connectivity index (χ4v) is 4.79. The van der Waals surface area contributed by atoms with E-state index < -0.39 is 0 Å². The van der Waals surface area contributed by atoms with Crippen molar-refractivity contribution in [3.05, 3.63) is 0 Å². The van der Waals surface area contributed by atoms with E-state index >= 15 is 0 Å². The van der Waals surface area contributed by atoms with Crippen molar-refractivity contribution < 1.29 is 23.8 Å². The number of carbonyl (C=O) groups excluding carboxylic acids is 2. The molecule has 0 aromatic rings. The molecule has 2 heterocycles. The van der Waals surface area contributed by atoms with Crippen molar-refractivity contribution >= 4 is 23.6 Å². The normalized spacial score (nSPS) is 24.0. The number of amides is 2. The highest BCUT2D eigenvalue weighted by Crippen LogP contribution is 2.38. The Hall–Kier alpha value is -0.870. The third-order valence-corrected chi connectivity index (χ3v) is 6.13. The second-order valence-corrected chi connectivity index (χ2v) is 8.09. The van der Waals surface area contributed by atoms with E-state index in [1.807, 2.05) is 0 Å². The largest absolute Gasteiger partial charge is 0.379 e. The third kappa shape index (κ3) is 8.78. The van der Waals surface area contributed by atoms with Gasteiger partial charge in [-0.25, -0.2) is 0 Å². The van der Waals surface area contributed by atoms with Gasteiger partial charge < -0.3 is 30.6 Å². The Bertz CT molecular complexity index is 455. The number of fused-ring (bicyclic) bond motifs is 1. The van der Waals surface area contributed by atoms with E-state index in [2.05, 4.69) is 10.6 Å². The van der Waals surface area contributed by atoms with Gasteiger partial charge in [-0.05, 0) is 31.1 Å². The average Bonchev–Trinajstić information content (AvgIpc) is 3.19. The number of nitrogens with two attached hydrogens (primary N) is 1. The second kappa shape index (κ2) is 13.3. The topological polar surface area (TPSA) is 112 Å². The Morgan fingerprint density at radius 2 is 1.78 bits per heavy atom. The molecule has 2 amide bonds. The van der Waals surface area contributed by atoms with Crippen LogP contribution in [-0.2, 0) is 23.8 Å². The van der Waals surface area contributed by atoms with E-state index in [9.17, 15) is 9.59 Å². The molecule has 2 fully saturated rings. The van der Waals surface area contributed by atoms with Crippen LogP contribution in [0.1, 0.15) is 25.7 Å². The lowest BCUT2D eigenvalue weighted by Crippen LogP contribution is -2.38. The molecule has 8 nitrogen and oxygen atoms in total. The number of carbonyl (C=O) groups is 2. The van der Waals surface area contributed by atoms with Gasteiger partial charge in [0.25, 0.3) is 0 Å². The molecule has 27 heavy (non-hydrogen) atoms. The summed E-state index contributed by atoms with van der Waals surface area (Å²) in [5.74, 6) is 1.54. The molecule has 9 heteroatoms. The van der Waals surface area contributed by atoms with Gasteiger partial charge >= 0.3 is 0 Å². The Labute approximate surface area is 165 Å². The SMILES string of the molecule is NCCCOCCOCCOCCCNC(=O)C[C@@H]1SCC2CC(=O)NC21. The standard InChI is InChI=1S/C18H33N3O5S/c19-3-1-5-24-7-9-26-10-8-25-6-2-4-20-16(22)12-15-18-14(13-27-15)11-17(23)21-18/h14-15,18H,1-13,19H2,(H,20,22)(H,21,23)/t14?,15-,18?/m0/s1. The summed E-state index contributed by atoms with van der Waals surface area (Å²) in [5.41, 5.74) is 5.37. The van der Waals surface area contributed by atoms with Crippen molar-refractivity contribution in [3.8, 4) is 0 Å². The zero-order valence-electron chi connectivity index (χ0n) is 16.0. The molecule has 0 aliphatic carbocycles. The molecule has 0 spiro atoms. The fraction of sp³-hybridized carbons (Fsp3) is 0.889. The number of thioether (sulfide) groups is 1. The third-order valence-electron chi connectivity index (χ3n) is 4.62. The summed E-state index contributed by atoms with van der Waals surface area (Å²) in [4.78, 5) is 23.5. The van der Waals surface area contributed by atoms with Gasteiger partial charge in [0.05, 0.1) is 26.4 Å². The molecule has 0 aromatic carbocycles. The van der Waals surface area contributed by atoms with Crippen LogP contribution in [-0.4, -0.2) is 81.6 Å². The number of nitrogens with one attached hydrogen (secondary N) is 2. The maximum absolute atomic E-state index is 12.1. The predicted octanol–water partition coefficient (Wildman–Crippen LogP) is -0.0985. The molecule has 3 atom stereocenters. The minimum atomic E-state index is 0.0484. The average molecular weight is 404 g/mol. The lowest BCUT2D eigenvalue weighted by atomic mass is 9.99. The van der Waals surface area contributed by atoms with Crippen LogP contribution in [0.3, 0.4) is 0 Å². The van der Waals surface area contributed by atoms with E-state index in [0.29, 0.717) is 71.5 Å². The van der Waals surface area contributed by atoms with Crippen LogP contribution in [0.4, 0.5) is 0 Å². The van der Waals surface area contributed by atoms with Gasteiger partial charge in [-0.3, -0.25) is 9.59 Å². The van der Waals surface area contributed by atoms with Crippen molar-refractivity contribution in [1.82, 2.24) is 10.6 Å². The highest BCUT2D eigenvalue weighted by molar-refractivity contribution is 8.00. The molecule has 0 aromatic heterocycles. The van der Waals surface area contributed by atoms with E-state index in [0.717, 1.165) is 18.6 Å². The molecule has 2 rings (SSSR count). The predicted molar refractivity (Wildman–Crippen MR) is 105 cm³/mol. The molecule has 2 aliphatic heterocycles. The van der Waals surface area contributed by atoms with Crippen LogP contribution in [0, 0.1) is 5.92 Å². The van der Waals surface area contributed by atoms with Crippen molar-refractivity contribution in [2.75, 3.05) is 58.5 Å². The highest BCUT2D eigenvalue weighted by atomic mass is 32.2. The van der Waals surface area contributed by atoms with E-state index in [4.69, 9.17) is 19.9 Å². The van der Waals surface area contributed by atoms with Crippen molar-refractivity contribution in [2.45, 2.75) is 37.0 Å². The molecular weight excluding hydrogens is 370 g/mol. The monoisotopic (exact) mass is 403 g/mol. The summed E-state index contributed by atoms with van der Waals surface area (Å²) < 4.78 is 16.2. The second-order valence-electron chi connectivity index (χ2n) is 6.82. The zero-order chi connectivity index (χ0) is 19.3. The Balaban J connectivity index is 1.36.